The van der Waals surface area contributed by atoms with Gasteiger partial charge in [-0.15, -0.1) is 0 Å². The Morgan fingerprint density at radius 1 is 1.53 bits per heavy atom. The van der Waals surface area contributed by atoms with Crippen LogP contribution in [0.2, 0.25) is 5.02 Å². The summed E-state index contributed by atoms with van der Waals surface area (Å²) in [4.78, 5) is 10.3. The molecule has 3 nitrogen and oxygen atoms in total. The van der Waals surface area contributed by atoms with Gasteiger partial charge in [0.05, 0.1) is 7.11 Å². The number of rotatable bonds is 5. The standard InChI is InChI=1S/C13H15ClO3/c1-9-7-11(14)8-10(13(9)17-2)5-3-4-6-12(15)16/h4,6-8H,3,5H2,1-2H3,(H,15,16)/b6-4+. The number of carboxylic acid groups (broad SMARTS) is 1. The minimum atomic E-state index is -0.931. The molecule has 0 aliphatic rings. The number of halogens is 1. The average Bonchev–Trinajstić information content (AvgIpc) is 2.23. The molecule has 1 rings (SSSR count). The third-order valence-electron chi connectivity index (χ3n) is 2.36. The quantitative estimate of drug-likeness (QED) is 0.821. The van der Waals surface area contributed by atoms with Crippen LogP contribution >= 0.6 is 11.6 Å². The molecule has 0 saturated carbocycles. The van der Waals surface area contributed by atoms with Gasteiger partial charge in [0.2, 0.25) is 0 Å². The van der Waals surface area contributed by atoms with E-state index in [0.717, 1.165) is 23.0 Å². The highest BCUT2D eigenvalue weighted by Gasteiger charge is 2.07. The van der Waals surface area contributed by atoms with E-state index in [0.29, 0.717) is 17.9 Å². The first-order valence-electron chi connectivity index (χ1n) is 5.27. The predicted molar refractivity (Wildman–Crippen MR) is 67.8 cm³/mol. The van der Waals surface area contributed by atoms with Gasteiger partial charge in [0.1, 0.15) is 5.75 Å². The molecule has 4 heteroatoms. The molecule has 0 fully saturated rings. The number of hydrogen-bond acceptors (Lipinski definition) is 2. The molecule has 1 aromatic carbocycles. The van der Waals surface area contributed by atoms with Crippen LogP contribution in [0.1, 0.15) is 17.5 Å². The zero-order valence-electron chi connectivity index (χ0n) is 9.87. The monoisotopic (exact) mass is 254 g/mol. The average molecular weight is 255 g/mol. The smallest absolute Gasteiger partial charge is 0.327 e. The molecule has 0 bridgehead atoms. The molecule has 0 aliphatic carbocycles. The Kier molecular flexibility index (Phi) is 5.04. The van der Waals surface area contributed by atoms with Crippen molar-refractivity contribution in [2.45, 2.75) is 19.8 Å². The second kappa shape index (κ2) is 6.30. The molecule has 0 saturated heterocycles. The third-order valence-corrected chi connectivity index (χ3v) is 2.58. The van der Waals surface area contributed by atoms with Gasteiger partial charge in [0.15, 0.2) is 0 Å². The van der Waals surface area contributed by atoms with E-state index in [2.05, 4.69) is 0 Å². The molecule has 0 amide bonds. The van der Waals surface area contributed by atoms with Crippen molar-refractivity contribution in [3.63, 3.8) is 0 Å². The summed E-state index contributed by atoms with van der Waals surface area (Å²) in [6, 6.07) is 3.69. The largest absolute Gasteiger partial charge is 0.496 e. The van der Waals surface area contributed by atoms with E-state index < -0.39 is 5.97 Å². The van der Waals surface area contributed by atoms with Crippen LogP contribution in [0.15, 0.2) is 24.3 Å². The SMILES string of the molecule is COc1c(C)cc(Cl)cc1CC/C=C/C(=O)O. The summed E-state index contributed by atoms with van der Waals surface area (Å²) < 4.78 is 5.31. The predicted octanol–water partition coefficient (Wildman–Crippen LogP) is 3.23. The number of allylic oxidation sites excluding steroid dienone is 1. The number of methoxy groups -OCH3 is 1. The molecule has 0 spiro atoms. The normalized spacial score (nSPS) is 10.8. The summed E-state index contributed by atoms with van der Waals surface area (Å²) in [7, 11) is 1.62. The highest BCUT2D eigenvalue weighted by atomic mass is 35.5. The first-order valence-corrected chi connectivity index (χ1v) is 5.65. The van der Waals surface area contributed by atoms with Crippen LogP contribution in [0, 0.1) is 6.92 Å². The van der Waals surface area contributed by atoms with Crippen LogP contribution in [-0.2, 0) is 11.2 Å². The Bertz CT molecular complexity index is 439. The summed E-state index contributed by atoms with van der Waals surface area (Å²) in [5.41, 5.74) is 1.98. The number of aliphatic carboxylic acids is 1. The van der Waals surface area contributed by atoms with Crippen LogP contribution in [0.5, 0.6) is 5.75 Å². The van der Waals surface area contributed by atoms with Gasteiger partial charge in [-0.25, -0.2) is 4.79 Å². The third kappa shape index (κ3) is 4.11. The molecule has 17 heavy (non-hydrogen) atoms. The number of carbonyl (C=O) groups is 1. The summed E-state index contributed by atoms with van der Waals surface area (Å²) in [5.74, 6) is -0.114. The van der Waals surface area contributed by atoms with Crippen molar-refractivity contribution in [1.82, 2.24) is 0 Å². The van der Waals surface area contributed by atoms with Gasteiger partial charge in [-0.3, -0.25) is 0 Å². The highest BCUT2D eigenvalue weighted by Crippen LogP contribution is 2.28. The number of aryl methyl sites for hydroxylation is 2. The van der Waals surface area contributed by atoms with E-state index in [1.165, 1.54) is 0 Å². The Morgan fingerprint density at radius 3 is 2.82 bits per heavy atom. The minimum Gasteiger partial charge on any atom is -0.496 e. The lowest BCUT2D eigenvalue weighted by Gasteiger charge is -2.11. The molecule has 92 valence electrons. The fourth-order valence-electron chi connectivity index (χ4n) is 1.70. The fraction of sp³-hybridized carbons (Fsp3) is 0.308. The molecular weight excluding hydrogens is 240 g/mol. The lowest BCUT2D eigenvalue weighted by atomic mass is 10.0. The van der Waals surface area contributed by atoms with Crippen molar-refractivity contribution < 1.29 is 14.6 Å². The second-order valence-electron chi connectivity index (χ2n) is 3.69. The Labute approximate surface area is 106 Å². The number of ether oxygens (including phenoxy) is 1. The Hall–Kier alpha value is -1.48. The van der Waals surface area contributed by atoms with Gasteiger partial charge < -0.3 is 9.84 Å². The van der Waals surface area contributed by atoms with Crippen LogP contribution in [-0.4, -0.2) is 18.2 Å². The molecule has 0 aliphatic heterocycles. The Balaban J connectivity index is 2.79. The molecule has 0 unspecified atom stereocenters. The van der Waals surface area contributed by atoms with Gasteiger partial charge in [-0.2, -0.15) is 0 Å². The number of benzene rings is 1. The maximum atomic E-state index is 10.3. The highest BCUT2D eigenvalue weighted by molar-refractivity contribution is 6.30. The van der Waals surface area contributed by atoms with Crippen LogP contribution in [0.4, 0.5) is 0 Å². The zero-order chi connectivity index (χ0) is 12.8. The lowest BCUT2D eigenvalue weighted by molar-refractivity contribution is -0.131. The van der Waals surface area contributed by atoms with Gasteiger partial charge in [-0.05, 0) is 43.0 Å². The van der Waals surface area contributed by atoms with Crippen LogP contribution in [0.3, 0.4) is 0 Å². The number of carboxylic acids is 1. The summed E-state index contributed by atoms with van der Waals surface area (Å²) in [6.45, 7) is 1.93. The van der Waals surface area contributed by atoms with Gasteiger partial charge in [-0.1, -0.05) is 17.7 Å². The van der Waals surface area contributed by atoms with Crippen molar-refractivity contribution in [2.75, 3.05) is 7.11 Å². The van der Waals surface area contributed by atoms with Crippen LogP contribution in [0.25, 0.3) is 0 Å². The zero-order valence-corrected chi connectivity index (χ0v) is 10.6. The summed E-state index contributed by atoms with van der Waals surface area (Å²) >= 11 is 5.97. The fourth-order valence-corrected chi connectivity index (χ4v) is 2.00. The lowest BCUT2D eigenvalue weighted by Crippen LogP contribution is -1.95. The van der Waals surface area contributed by atoms with Crippen molar-refractivity contribution >= 4 is 17.6 Å². The first-order chi connectivity index (χ1) is 8.04. The van der Waals surface area contributed by atoms with E-state index >= 15 is 0 Å². The first kappa shape index (κ1) is 13.6. The van der Waals surface area contributed by atoms with E-state index in [4.69, 9.17) is 21.4 Å². The van der Waals surface area contributed by atoms with Crippen molar-refractivity contribution in [3.8, 4) is 5.75 Å². The van der Waals surface area contributed by atoms with Crippen molar-refractivity contribution in [2.24, 2.45) is 0 Å². The van der Waals surface area contributed by atoms with E-state index in [1.807, 2.05) is 19.1 Å². The molecule has 1 N–H and O–H groups in total. The second-order valence-corrected chi connectivity index (χ2v) is 4.13. The minimum absolute atomic E-state index is 0.641. The maximum Gasteiger partial charge on any atom is 0.327 e. The molecular formula is C13H15ClO3. The van der Waals surface area contributed by atoms with Crippen molar-refractivity contribution in [3.05, 3.63) is 40.4 Å². The van der Waals surface area contributed by atoms with Gasteiger partial charge in [0, 0.05) is 11.1 Å². The summed E-state index contributed by atoms with van der Waals surface area (Å²) in [6.07, 6.45) is 4.11. The summed E-state index contributed by atoms with van der Waals surface area (Å²) in [5, 5.41) is 9.13. The van der Waals surface area contributed by atoms with Gasteiger partial charge in [0.25, 0.3) is 0 Å². The topological polar surface area (TPSA) is 46.5 Å². The molecule has 0 heterocycles. The van der Waals surface area contributed by atoms with Crippen LogP contribution < -0.4 is 4.74 Å². The maximum absolute atomic E-state index is 10.3. The Morgan fingerprint density at radius 2 is 2.24 bits per heavy atom. The van der Waals surface area contributed by atoms with E-state index in [9.17, 15) is 4.79 Å². The molecule has 0 atom stereocenters. The molecule has 0 radical (unpaired) electrons. The van der Waals surface area contributed by atoms with E-state index in [1.54, 1.807) is 13.2 Å². The van der Waals surface area contributed by atoms with Gasteiger partial charge >= 0.3 is 5.97 Å². The number of hydrogen-bond donors (Lipinski definition) is 1. The van der Waals surface area contributed by atoms with E-state index in [-0.39, 0.29) is 0 Å². The van der Waals surface area contributed by atoms with Crippen molar-refractivity contribution in [1.29, 1.82) is 0 Å². The molecule has 1 aromatic rings. The molecule has 0 aromatic heterocycles.